The Hall–Kier alpha value is -4.52. The van der Waals surface area contributed by atoms with Crippen molar-refractivity contribution in [2.24, 2.45) is 0 Å². The van der Waals surface area contributed by atoms with Crippen molar-refractivity contribution >= 4 is 58.3 Å². The van der Waals surface area contributed by atoms with Gasteiger partial charge in [0.2, 0.25) is 11.8 Å². The molecule has 7 nitrogen and oxygen atoms in total. The number of carbonyl (C=O) groups excluding carboxylic acids is 4. The molecule has 0 unspecified atom stereocenters. The van der Waals surface area contributed by atoms with Gasteiger partial charge in [0, 0.05) is 30.5 Å². The fourth-order valence-electron chi connectivity index (χ4n) is 4.24. The molecule has 0 fully saturated rings. The third-order valence-corrected chi connectivity index (χ3v) is 5.67. The van der Waals surface area contributed by atoms with Crippen LogP contribution >= 0.6 is 0 Å². The fraction of sp³-hybridized carbons (Fsp3) is 0.0769. The van der Waals surface area contributed by atoms with E-state index in [1.807, 2.05) is 0 Å². The van der Waals surface area contributed by atoms with Gasteiger partial charge in [-0.3, -0.25) is 19.2 Å². The van der Waals surface area contributed by atoms with Crippen molar-refractivity contribution in [2.75, 3.05) is 9.80 Å². The van der Waals surface area contributed by atoms with Crippen molar-refractivity contribution in [1.82, 2.24) is 0 Å². The van der Waals surface area contributed by atoms with Crippen LogP contribution in [-0.4, -0.2) is 23.6 Å². The number of carbonyl (C=O) groups is 4. The van der Waals surface area contributed by atoms with Crippen molar-refractivity contribution < 1.29 is 23.6 Å². The van der Waals surface area contributed by atoms with Crippen molar-refractivity contribution in [3.05, 3.63) is 83.3 Å². The van der Waals surface area contributed by atoms with Crippen LogP contribution in [0.3, 0.4) is 0 Å². The second kappa shape index (κ2) is 7.56. The summed E-state index contributed by atoms with van der Waals surface area (Å²) in [5.41, 5.74) is 3.55. The van der Waals surface area contributed by atoms with Crippen LogP contribution in [0.2, 0.25) is 0 Å². The Morgan fingerprint density at radius 3 is 1.73 bits per heavy atom. The number of furan rings is 1. The van der Waals surface area contributed by atoms with E-state index < -0.39 is 11.8 Å². The first kappa shape index (κ1) is 20.4. The molecule has 0 spiro atoms. The average molecular weight is 438 g/mol. The van der Waals surface area contributed by atoms with Gasteiger partial charge in [-0.25, -0.2) is 9.80 Å². The number of para-hydroxylation sites is 2. The van der Waals surface area contributed by atoms with E-state index in [9.17, 15) is 19.2 Å². The summed E-state index contributed by atoms with van der Waals surface area (Å²) >= 11 is 0. The Balaban J connectivity index is 1.61. The lowest BCUT2D eigenvalue weighted by Crippen LogP contribution is -2.31. The molecular formula is C26H18N2O5. The van der Waals surface area contributed by atoms with E-state index in [1.54, 1.807) is 66.7 Å². The molecule has 3 aromatic rings. The van der Waals surface area contributed by atoms with Gasteiger partial charge in [0.1, 0.15) is 5.76 Å². The summed E-state index contributed by atoms with van der Waals surface area (Å²) < 4.78 is 5.62. The van der Waals surface area contributed by atoms with Crippen LogP contribution in [0.4, 0.5) is 11.4 Å². The molecule has 5 rings (SSSR count). The summed E-state index contributed by atoms with van der Waals surface area (Å²) in [7, 11) is 0. The zero-order chi connectivity index (χ0) is 23.3. The van der Waals surface area contributed by atoms with Crippen LogP contribution < -0.4 is 9.80 Å². The Morgan fingerprint density at radius 1 is 0.727 bits per heavy atom. The molecule has 0 saturated carbocycles. The van der Waals surface area contributed by atoms with Crippen LogP contribution in [0.5, 0.6) is 0 Å². The minimum atomic E-state index is -0.441. The Bertz CT molecular complexity index is 1320. The fourth-order valence-corrected chi connectivity index (χ4v) is 4.24. The number of nitrogens with zero attached hydrogens (tertiary/aromatic N) is 2. The first-order valence-corrected chi connectivity index (χ1v) is 10.3. The molecule has 0 atom stereocenters. The Labute approximate surface area is 189 Å². The molecule has 0 bridgehead atoms. The molecule has 3 heterocycles. The third kappa shape index (κ3) is 3.13. The van der Waals surface area contributed by atoms with Gasteiger partial charge in [0.15, 0.2) is 0 Å². The number of hydrogen-bond acceptors (Lipinski definition) is 5. The van der Waals surface area contributed by atoms with Gasteiger partial charge in [-0.2, -0.15) is 0 Å². The van der Waals surface area contributed by atoms with E-state index in [2.05, 4.69) is 0 Å². The SMILES string of the molecule is CC(=O)N1C(=O)C(=Cc2ccoc2/C=C2/C(=O)N(C(C)=O)c3ccccc32)c2ccccc21. The molecule has 0 N–H and O–H groups in total. The third-order valence-electron chi connectivity index (χ3n) is 5.67. The van der Waals surface area contributed by atoms with Crippen molar-refractivity contribution in [3.8, 4) is 0 Å². The number of rotatable bonds is 2. The normalized spacial score (nSPS) is 17.2. The summed E-state index contributed by atoms with van der Waals surface area (Å²) in [4.78, 5) is 52.4. The molecule has 162 valence electrons. The lowest BCUT2D eigenvalue weighted by molar-refractivity contribution is -0.123. The second-order valence-electron chi connectivity index (χ2n) is 7.71. The number of fused-ring (bicyclic) bond motifs is 2. The highest BCUT2D eigenvalue weighted by molar-refractivity contribution is 6.43. The minimum absolute atomic E-state index is 0.318. The highest BCUT2D eigenvalue weighted by Gasteiger charge is 2.36. The predicted octanol–water partition coefficient (Wildman–Crippen LogP) is 4.15. The lowest BCUT2D eigenvalue weighted by Gasteiger charge is -2.11. The maximum Gasteiger partial charge on any atom is 0.265 e. The van der Waals surface area contributed by atoms with E-state index in [4.69, 9.17) is 4.42 Å². The van der Waals surface area contributed by atoms with Gasteiger partial charge in [0.05, 0.1) is 28.8 Å². The zero-order valence-electron chi connectivity index (χ0n) is 17.9. The summed E-state index contributed by atoms with van der Waals surface area (Å²) in [6.07, 6.45) is 4.68. The van der Waals surface area contributed by atoms with E-state index in [1.165, 1.54) is 20.1 Å². The van der Waals surface area contributed by atoms with E-state index in [-0.39, 0.29) is 11.8 Å². The standard InChI is InChI=1S/C26H18N2O5/c1-15(29)27-22-9-5-3-7-18(22)20(25(27)31)13-17-11-12-33-24(17)14-21-19-8-4-6-10-23(19)28(16(2)30)26(21)32/h3-14H,1-2H3/b20-13?,21-14+. The highest BCUT2D eigenvalue weighted by atomic mass is 16.3. The predicted molar refractivity (Wildman–Crippen MR) is 124 cm³/mol. The first-order chi connectivity index (χ1) is 15.9. The first-order valence-electron chi connectivity index (χ1n) is 10.3. The zero-order valence-corrected chi connectivity index (χ0v) is 17.9. The van der Waals surface area contributed by atoms with E-state index in [0.29, 0.717) is 45.0 Å². The topological polar surface area (TPSA) is 87.9 Å². The monoisotopic (exact) mass is 438 g/mol. The van der Waals surface area contributed by atoms with E-state index >= 15 is 0 Å². The van der Waals surface area contributed by atoms with Gasteiger partial charge in [-0.05, 0) is 30.4 Å². The number of imide groups is 2. The molecule has 7 heteroatoms. The van der Waals surface area contributed by atoms with E-state index in [0.717, 1.165) is 9.80 Å². The van der Waals surface area contributed by atoms with Crippen LogP contribution in [0.1, 0.15) is 36.3 Å². The minimum Gasteiger partial charge on any atom is -0.464 e. The summed E-state index contributed by atoms with van der Waals surface area (Å²) in [5, 5.41) is 0. The molecular weight excluding hydrogens is 420 g/mol. The second-order valence-corrected chi connectivity index (χ2v) is 7.71. The number of benzene rings is 2. The summed E-state index contributed by atoms with van der Waals surface area (Å²) in [6, 6.07) is 15.8. The van der Waals surface area contributed by atoms with Crippen LogP contribution in [-0.2, 0) is 19.2 Å². The molecule has 2 aromatic carbocycles. The number of anilines is 2. The average Bonchev–Trinajstić information content (AvgIpc) is 3.42. The van der Waals surface area contributed by atoms with Gasteiger partial charge in [-0.15, -0.1) is 0 Å². The molecule has 0 saturated heterocycles. The van der Waals surface area contributed by atoms with Gasteiger partial charge in [0.25, 0.3) is 11.8 Å². The molecule has 33 heavy (non-hydrogen) atoms. The van der Waals surface area contributed by atoms with Gasteiger partial charge in [-0.1, -0.05) is 36.4 Å². The smallest absolute Gasteiger partial charge is 0.265 e. The Morgan fingerprint density at radius 2 is 1.21 bits per heavy atom. The summed E-state index contributed by atoms with van der Waals surface area (Å²) in [5.74, 6) is -1.26. The Kier molecular flexibility index (Phi) is 4.67. The maximum absolute atomic E-state index is 13.0. The van der Waals surface area contributed by atoms with Crippen molar-refractivity contribution in [3.63, 3.8) is 0 Å². The van der Waals surface area contributed by atoms with Crippen LogP contribution in [0.25, 0.3) is 23.3 Å². The van der Waals surface area contributed by atoms with Crippen molar-refractivity contribution in [2.45, 2.75) is 13.8 Å². The molecule has 0 aliphatic carbocycles. The quantitative estimate of drug-likeness (QED) is 0.561. The molecule has 1 aromatic heterocycles. The molecule has 0 radical (unpaired) electrons. The summed E-state index contributed by atoms with van der Waals surface area (Å²) in [6.45, 7) is 2.68. The molecule has 2 aliphatic rings. The number of hydrogen-bond donors (Lipinski definition) is 0. The highest BCUT2D eigenvalue weighted by Crippen LogP contribution is 2.40. The molecule has 4 amide bonds. The lowest BCUT2D eigenvalue weighted by atomic mass is 10.0. The van der Waals surface area contributed by atoms with Gasteiger partial charge < -0.3 is 4.42 Å². The maximum atomic E-state index is 13.0. The van der Waals surface area contributed by atoms with Crippen LogP contribution in [0.15, 0.2) is 65.3 Å². The largest absolute Gasteiger partial charge is 0.464 e. The van der Waals surface area contributed by atoms with Gasteiger partial charge >= 0.3 is 0 Å². The number of amides is 4. The van der Waals surface area contributed by atoms with Crippen LogP contribution in [0, 0.1) is 0 Å². The molecule has 2 aliphatic heterocycles. The van der Waals surface area contributed by atoms with Crippen molar-refractivity contribution in [1.29, 1.82) is 0 Å².